The number of methoxy groups -OCH3 is 2. The Kier molecular flexibility index (Phi) is 5.44. The van der Waals surface area contributed by atoms with E-state index in [0.29, 0.717) is 12.5 Å². The molecule has 0 fully saturated rings. The smallest absolute Gasteiger partial charge is 0.136 e. The lowest BCUT2D eigenvalue weighted by molar-refractivity contribution is 0.205. The van der Waals surface area contributed by atoms with Gasteiger partial charge in [0.2, 0.25) is 0 Å². The van der Waals surface area contributed by atoms with Gasteiger partial charge in [0.25, 0.3) is 0 Å². The maximum Gasteiger partial charge on any atom is 0.136 e. The summed E-state index contributed by atoms with van der Waals surface area (Å²) in [6, 6.07) is 7.94. The van der Waals surface area contributed by atoms with Crippen molar-refractivity contribution >= 4 is 28.2 Å². The van der Waals surface area contributed by atoms with E-state index in [1.165, 1.54) is 0 Å². The van der Waals surface area contributed by atoms with Gasteiger partial charge >= 0.3 is 0 Å². The summed E-state index contributed by atoms with van der Waals surface area (Å²) in [5.41, 5.74) is 0. The number of aromatic nitrogens is 1. The Labute approximate surface area is 124 Å². The average Bonchev–Trinajstić information content (AvgIpc) is 2.50. The van der Waals surface area contributed by atoms with E-state index in [4.69, 9.17) is 21.1 Å². The number of hydrogen-bond acceptors (Lipinski definition) is 4. The Bertz CT molecular complexity index is 563. The predicted octanol–water partition coefficient (Wildman–Crippen LogP) is 2.94. The van der Waals surface area contributed by atoms with Crippen molar-refractivity contribution in [3.05, 3.63) is 30.5 Å². The molecular formula is C15H19ClN2O2. The second kappa shape index (κ2) is 7.31. The van der Waals surface area contributed by atoms with E-state index in [1.807, 2.05) is 24.3 Å². The lowest BCUT2D eigenvalue weighted by atomic mass is 10.1. The number of alkyl halides is 1. The van der Waals surface area contributed by atoms with Crippen LogP contribution in [0.4, 0.5) is 5.82 Å². The van der Waals surface area contributed by atoms with E-state index in [2.05, 4.69) is 9.88 Å². The van der Waals surface area contributed by atoms with Crippen molar-refractivity contribution < 1.29 is 9.47 Å². The Morgan fingerprint density at radius 2 is 2.00 bits per heavy atom. The van der Waals surface area contributed by atoms with Gasteiger partial charge in [0.05, 0.1) is 13.7 Å². The molecule has 0 spiro atoms. The molecule has 0 bridgehead atoms. The Morgan fingerprint density at radius 3 is 2.70 bits per heavy atom. The first-order valence-corrected chi connectivity index (χ1v) is 7.06. The lowest BCUT2D eigenvalue weighted by Crippen LogP contribution is -2.30. The highest BCUT2D eigenvalue weighted by molar-refractivity contribution is 6.18. The van der Waals surface area contributed by atoms with Gasteiger partial charge in [-0.1, -0.05) is 12.1 Å². The van der Waals surface area contributed by atoms with Crippen LogP contribution < -0.4 is 9.64 Å². The molecule has 0 saturated carbocycles. The fourth-order valence-electron chi connectivity index (χ4n) is 2.22. The van der Waals surface area contributed by atoms with Crippen LogP contribution in [0.2, 0.25) is 0 Å². The molecule has 2 aromatic rings. The van der Waals surface area contributed by atoms with E-state index >= 15 is 0 Å². The molecule has 108 valence electrons. The third-order valence-electron chi connectivity index (χ3n) is 3.18. The van der Waals surface area contributed by atoms with Crippen molar-refractivity contribution in [3.63, 3.8) is 0 Å². The van der Waals surface area contributed by atoms with Crippen molar-refractivity contribution in [1.29, 1.82) is 0 Å². The molecule has 0 aliphatic heterocycles. The van der Waals surface area contributed by atoms with Crippen LogP contribution in [0.3, 0.4) is 0 Å². The molecule has 0 radical (unpaired) electrons. The van der Waals surface area contributed by atoms with Gasteiger partial charge in [-0.3, -0.25) is 0 Å². The molecule has 2 rings (SSSR count). The Balaban J connectivity index is 2.46. The van der Waals surface area contributed by atoms with Gasteiger partial charge in [0, 0.05) is 43.0 Å². The van der Waals surface area contributed by atoms with E-state index in [-0.39, 0.29) is 0 Å². The molecule has 1 heterocycles. The average molecular weight is 295 g/mol. The number of anilines is 1. The molecule has 0 aliphatic rings. The minimum atomic E-state index is 0.547. The molecule has 0 N–H and O–H groups in total. The van der Waals surface area contributed by atoms with E-state index in [0.717, 1.165) is 35.4 Å². The molecule has 0 saturated heterocycles. The van der Waals surface area contributed by atoms with E-state index < -0.39 is 0 Å². The molecule has 4 nitrogen and oxygen atoms in total. The number of benzene rings is 1. The standard InChI is InChI=1S/C15H19ClN2O2/c1-19-11-10-18(9-7-16)15-13-4-3-5-14(20-2)12(13)6-8-17-15/h3-6,8H,7,9-11H2,1-2H3. The zero-order valence-electron chi connectivity index (χ0n) is 11.8. The van der Waals surface area contributed by atoms with Gasteiger partial charge in [-0.05, 0) is 12.1 Å². The molecule has 5 heteroatoms. The Hall–Kier alpha value is -1.52. The van der Waals surface area contributed by atoms with Crippen molar-refractivity contribution in [2.24, 2.45) is 0 Å². The van der Waals surface area contributed by atoms with Gasteiger partial charge in [-0.2, -0.15) is 0 Å². The molecule has 0 unspecified atom stereocenters. The number of pyridine rings is 1. The third-order valence-corrected chi connectivity index (χ3v) is 3.35. The van der Waals surface area contributed by atoms with Crippen LogP contribution >= 0.6 is 11.6 Å². The Morgan fingerprint density at radius 1 is 1.15 bits per heavy atom. The number of fused-ring (bicyclic) bond motifs is 1. The van der Waals surface area contributed by atoms with Crippen LogP contribution in [0.15, 0.2) is 30.5 Å². The number of hydrogen-bond donors (Lipinski definition) is 0. The zero-order chi connectivity index (χ0) is 14.4. The highest BCUT2D eigenvalue weighted by Crippen LogP contribution is 2.30. The number of halogens is 1. The first kappa shape index (κ1) is 14.9. The summed E-state index contributed by atoms with van der Waals surface area (Å²) >= 11 is 5.90. The summed E-state index contributed by atoms with van der Waals surface area (Å²) in [6.07, 6.45) is 1.80. The first-order valence-electron chi connectivity index (χ1n) is 6.53. The van der Waals surface area contributed by atoms with Gasteiger partial charge in [-0.25, -0.2) is 4.98 Å². The fourth-order valence-corrected chi connectivity index (χ4v) is 2.42. The van der Waals surface area contributed by atoms with Crippen LogP contribution in [-0.4, -0.2) is 44.8 Å². The summed E-state index contributed by atoms with van der Waals surface area (Å²) in [6.45, 7) is 2.12. The zero-order valence-corrected chi connectivity index (χ0v) is 12.6. The third kappa shape index (κ3) is 3.14. The van der Waals surface area contributed by atoms with Crippen LogP contribution in [-0.2, 0) is 4.74 Å². The monoisotopic (exact) mass is 294 g/mol. The maximum absolute atomic E-state index is 5.90. The van der Waals surface area contributed by atoms with Crippen LogP contribution in [0.5, 0.6) is 5.75 Å². The largest absolute Gasteiger partial charge is 0.496 e. The van der Waals surface area contributed by atoms with E-state index in [9.17, 15) is 0 Å². The molecule has 1 aromatic carbocycles. The van der Waals surface area contributed by atoms with Crippen LogP contribution in [0.25, 0.3) is 10.8 Å². The van der Waals surface area contributed by atoms with Gasteiger partial charge in [-0.15, -0.1) is 11.6 Å². The SMILES string of the molecule is COCCN(CCCl)c1nccc2c(OC)cccc12. The number of ether oxygens (including phenoxy) is 2. The molecular weight excluding hydrogens is 276 g/mol. The number of nitrogens with zero attached hydrogens (tertiary/aromatic N) is 2. The summed E-state index contributed by atoms with van der Waals surface area (Å²) in [7, 11) is 3.37. The second-order valence-electron chi connectivity index (χ2n) is 4.36. The highest BCUT2D eigenvalue weighted by atomic mass is 35.5. The minimum Gasteiger partial charge on any atom is -0.496 e. The van der Waals surface area contributed by atoms with Crippen molar-refractivity contribution in [2.75, 3.05) is 44.7 Å². The first-order chi connectivity index (χ1) is 9.81. The van der Waals surface area contributed by atoms with Crippen molar-refractivity contribution in [1.82, 2.24) is 4.98 Å². The molecule has 1 aromatic heterocycles. The molecule has 0 amide bonds. The van der Waals surface area contributed by atoms with Crippen molar-refractivity contribution in [2.45, 2.75) is 0 Å². The second-order valence-corrected chi connectivity index (χ2v) is 4.74. The molecule has 20 heavy (non-hydrogen) atoms. The van der Waals surface area contributed by atoms with Crippen LogP contribution in [0, 0.1) is 0 Å². The topological polar surface area (TPSA) is 34.6 Å². The number of rotatable bonds is 7. The van der Waals surface area contributed by atoms with Crippen molar-refractivity contribution in [3.8, 4) is 5.75 Å². The predicted molar refractivity (Wildman–Crippen MR) is 83.1 cm³/mol. The molecule has 0 aliphatic carbocycles. The minimum absolute atomic E-state index is 0.547. The highest BCUT2D eigenvalue weighted by Gasteiger charge is 2.12. The van der Waals surface area contributed by atoms with Gasteiger partial charge in [0.1, 0.15) is 11.6 Å². The van der Waals surface area contributed by atoms with Crippen LogP contribution in [0.1, 0.15) is 0 Å². The van der Waals surface area contributed by atoms with Gasteiger partial charge < -0.3 is 14.4 Å². The normalized spacial score (nSPS) is 10.8. The molecule has 0 atom stereocenters. The lowest BCUT2D eigenvalue weighted by Gasteiger charge is -2.24. The summed E-state index contributed by atoms with van der Waals surface area (Å²) in [5, 5.41) is 2.12. The summed E-state index contributed by atoms with van der Waals surface area (Å²) < 4.78 is 10.6. The summed E-state index contributed by atoms with van der Waals surface area (Å²) in [5.74, 6) is 2.31. The fraction of sp³-hybridized carbons (Fsp3) is 0.400. The van der Waals surface area contributed by atoms with Gasteiger partial charge in [0.15, 0.2) is 0 Å². The maximum atomic E-state index is 5.90. The summed E-state index contributed by atoms with van der Waals surface area (Å²) in [4.78, 5) is 6.65. The quantitative estimate of drug-likeness (QED) is 0.736. The van der Waals surface area contributed by atoms with E-state index in [1.54, 1.807) is 20.4 Å².